The number of nitrogens with one attached hydrogen (secondary N) is 1. The summed E-state index contributed by atoms with van der Waals surface area (Å²) in [6, 6.07) is 28.0. The number of aryl methyl sites for hydroxylation is 3. The lowest BCUT2D eigenvalue weighted by atomic mass is 9.72. The van der Waals surface area contributed by atoms with Crippen molar-refractivity contribution in [1.29, 1.82) is 0 Å². The van der Waals surface area contributed by atoms with Crippen molar-refractivity contribution in [2.75, 3.05) is 20.2 Å². The summed E-state index contributed by atoms with van der Waals surface area (Å²) in [7, 11) is -2.55. The molecule has 0 aromatic heterocycles. The van der Waals surface area contributed by atoms with Crippen LogP contribution in [0.15, 0.2) is 102 Å². The molecule has 0 aliphatic heterocycles. The van der Waals surface area contributed by atoms with Crippen LogP contribution in [-0.2, 0) is 58.0 Å². The lowest BCUT2D eigenvalue weighted by Crippen LogP contribution is -2.51. The molecule has 0 bridgehead atoms. The monoisotopic (exact) mass is 979 g/mol. The Morgan fingerprint density at radius 2 is 1.47 bits per heavy atom. The molecule has 378 valence electrons. The number of Topliss-reactive ketones (excluding diaryl/α,β-unsaturated/α-hetero) is 3. The molecule has 1 aliphatic carbocycles. The number of amides is 1. The molecule has 70 heavy (non-hydrogen) atoms. The highest BCUT2D eigenvalue weighted by Crippen LogP contribution is 2.37. The Morgan fingerprint density at radius 1 is 0.800 bits per heavy atom. The van der Waals surface area contributed by atoms with Crippen LogP contribution >= 0.6 is 0 Å². The fourth-order valence-electron chi connectivity index (χ4n) is 8.98. The third-order valence-electron chi connectivity index (χ3n) is 13.8. The normalized spacial score (nSPS) is 16.6. The van der Waals surface area contributed by atoms with Gasteiger partial charge in [-0.25, -0.2) is 8.42 Å². The molecule has 13 heteroatoms. The van der Waals surface area contributed by atoms with E-state index >= 15 is 0 Å². The van der Waals surface area contributed by atoms with E-state index in [1.165, 1.54) is 29.1 Å². The van der Waals surface area contributed by atoms with E-state index in [0.29, 0.717) is 49.0 Å². The highest BCUT2D eigenvalue weighted by molar-refractivity contribution is 7.89. The molecule has 3 unspecified atom stereocenters. The summed E-state index contributed by atoms with van der Waals surface area (Å²) >= 11 is 0. The third-order valence-corrected chi connectivity index (χ3v) is 15.6. The number of esters is 1. The summed E-state index contributed by atoms with van der Waals surface area (Å²) in [5.41, 5.74) is 4.77. The number of aliphatic hydroxyl groups is 1. The van der Waals surface area contributed by atoms with Gasteiger partial charge < -0.3 is 19.9 Å². The topological polar surface area (TPSA) is 173 Å². The van der Waals surface area contributed by atoms with Gasteiger partial charge in [0.1, 0.15) is 17.6 Å². The van der Waals surface area contributed by atoms with Gasteiger partial charge in [-0.15, -0.1) is 0 Å². The summed E-state index contributed by atoms with van der Waals surface area (Å²) in [6.45, 7) is 13.1. The predicted octanol–water partition coefficient (Wildman–Crippen LogP) is 9.24. The zero-order valence-electron chi connectivity index (χ0n) is 42.4. The van der Waals surface area contributed by atoms with Crippen molar-refractivity contribution in [2.24, 2.45) is 23.2 Å². The number of hydrogen-bond donors (Lipinski definition) is 2. The first-order valence-electron chi connectivity index (χ1n) is 24.8. The van der Waals surface area contributed by atoms with E-state index < -0.39 is 69.0 Å². The third kappa shape index (κ3) is 15.5. The van der Waals surface area contributed by atoms with Gasteiger partial charge in [-0.2, -0.15) is 4.31 Å². The Bertz CT molecular complexity index is 2520. The summed E-state index contributed by atoms with van der Waals surface area (Å²) in [5, 5.41) is 14.6. The Hall–Kier alpha value is -5.50. The maximum atomic E-state index is 14.2. The fraction of sp³-hybridized carbons (Fsp3) is 0.491. The number of nitrogens with zero attached hydrogens (tertiary/aromatic N) is 1. The second-order valence-electron chi connectivity index (χ2n) is 20.1. The Labute approximate surface area is 416 Å². The quantitative estimate of drug-likeness (QED) is 0.0456. The highest BCUT2D eigenvalue weighted by atomic mass is 32.2. The minimum absolute atomic E-state index is 0.0108. The van der Waals surface area contributed by atoms with E-state index in [9.17, 15) is 37.5 Å². The van der Waals surface area contributed by atoms with E-state index in [2.05, 4.69) is 37.4 Å². The number of benzene rings is 4. The molecule has 1 fully saturated rings. The van der Waals surface area contributed by atoms with Crippen LogP contribution in [0.5, 0.6) is 5.75 Å². The van der Waals surface area contributed by atoms with E-state index in [0.717, 1.165) is 29.5 Å². The summed E-state index contributed by atoms with van der Waals surface area (Å²) < 4.78 is 40.6. The second kappa shape index (κ2) is 25.6. The molecule has 0 spiro atoms. The van der Waals surface area contributed by atoms with Crippen molar-refractivity contribution in [3.8, 4) is 5.75 Å². The number of ether oxygens (including phenoxy) is 2. The predicted molar refractivity (Wildman–Crippen MR) is 272 cm³/mol. The van der Waals surface area contributed by atoms with E-state index in [4.69, 9.17) is 9.47 Å². The lowest BCUT2D eigenvalue weighted by Gasteiger charge is -2.32. The number of aliphatic hydroxyl groups excluding tert-OH is 1. The van der Waals surface area contributed by atoms with E-state index in [1.807, 2.05) is 75.4 Å². The van der Waals surface area contributed by atoms with Gasteiger partial charge in [0.25, 0.3) is 0 Å². The van der Waals surface area contributed by atoms with Crippen molar-refractivity contribution in [3.63, 3.8) is 0 Å². The van der Waals surface area contributed by atoms with Crippen LogP contribution < -0.4 is 10.1 Å². The van der Waals surface area contributed by atoms with Crippen LogP contribution in [0.2, 0.25) is 0 Å². The summed E-state index contributed by atoms with van der Waals surface area (Å²) in [4.78, 5) is 68.4. The molecule has 0 saturated heterocycles. The Morgan fingerprint density at radius 3 is 2.11 bits per heavy atom. The Balaban J connectivity index is 1.29. The molecule has 5 rings (SSSR count). The van der Waals surface area contributed by atoms with Crippen LogP contribution in [0.3, 0.4) is 0 Å². The van der Waals surface area contributed by atoms with E-state index in [1.54, 1.807) is 26.0 Å². The first-order chi connectivity index (χ1) is 33.2. The van der Waals surface area contributed by atoms with Gasteiger partial charge in [-0.1, -0.05) is 120 Å². The molecule has 0 heterocycles. The van der Waals surface area contributed by atoms with Crippen LogP contribution in [0, 0.1) is 37.0 Å². The fourth-order valence-corrected chi connectivity index (χ4v) is 10.6. The number of rotatable bonds is 26. The maximum absolute atomic E-state index is 14.2. The molecule has 12 nitrogen and oxygen atoms in total. The molecule has 5 atom stereocenters. The molecule has 4 aromatic carbocycles. The Kier molecular flexibility index (Phi) is 20.2. The average molecular weight is 979 g/mol. The SMILES string of the molecule is CCC(C)(C)C(=O)C(=O)C1CCCCC1C(=O)OC(CCc1ccc(C)c(C)c1)c1cccc(CC(=O)CCC(=O)N[C@@H](Cc2ccccc2)[C@H](O)CN(CC(C)C)S(=O)(=O)c2ccc(OC)cc2)c1. The number of carbonyl (C=O) groups is 5. The number of methoxy groups -OCH3 is 1. The van der Waals surface area contributed by atoms with Crippen molar-refractivity contribution in [3.05, 3.63) is 130 Å². The minimum atomic E-state index is -4.04. The molecular formula is C57H74N2O10S. The largest absolute Gasteiger partial charge is 0.497 e. The van der Waals surface area contributed by atoms with Gasteiger partial charge in [0.2, 0.25) is 27.5 Å². The average Bonchev–Trinajstić information content (AvgIpc) is 3.34. The number of carbonyl (C=O) groups excluding carboxylic acids is 5. The van der Waals surface area contributed by atoms with Crippen molar-refractivity contribution < 1.29 is 47.0 Å². The first kappa shape index (κ1) is 55.4. The van der Waals surface area contributed by atoms with Gasteiger partial charge >= 0.3 is 5.97 Å². The van der Waals surface area contributed by atoms with Gasteiger partial charge in [0, 0.05) is 43.7 Å². The lowest BCUT2D eigenvalue weighted by molar-refractivity contribution is -0.161. The zero-order chi connectivity index (χ0) is 51.2. The molecule has 1 saturated carbocycles. The van der Waals surface area contributed by atoms with E-state index in [-0.39, 0.29) is 55.4 Å². The van der Waals surface area contributed by atoms with Crippen molar-refractivity contribution >= 4 is 39.2 Å². The zero-order valence-corrected chi connectivity index (χ0v) is 43.2. The van der Waals surface area contributed by atoms with Gasteiger partial charge in [-0.3, -0.25) is 24.0 Å². The van der Waals surface area contributed by atoms with Crippen LogP contribution in [0.1, 0.15) is 125 Å². The smallest absolute Gasteiger partial charge is 0.310 e. The standard InChI is InChI=1S/C57H74N2O10S/c1-9-57(6,7)55(64)54(63)48-20-13-14-21-49(48)56(65)69-52(30-24-42-23-22-39(4)40(5)32-42)44-19-15-18-43(33-44)34-45(60)25-31-53(62)58-50(35-41-16-11-10-12-17-41)51(61)37-59(36-38(2)3)70(66,67)47-28-26-46(68-8)27-29-47/h10-12,15-19,22-23,26-29,32-33,38,48-52,61H,9,13-14,20-21,24-25,30-31,34-37H2,1-8H3,(H,58,62)/t48?,49?,50-,51+,52?/m0/s1. The van der Waals surface area contributed by atoms with Gasteiger partial charge in [0.15, 0.2) is 0 Å². The van der Waals surface area contributed by atoms with Crippen molar-refractivity contribution in [1.82, 2.24) is 9.62 Å². The van der Waals surface area contributed by atoms with Crippen LogP contribution in [-0.4, -0.2) is 79.4 Å². The summed E-state index contributed by atoms with van der Waals surface area (Å²) in [6.07, 6.45) is 1.93. The van der Waals surface area contributed by atoms with Gasteiger partial charge in [0.05, 0.1) is 30.1 Å². The van der Waals surface area contributed by atoms with Crippen molar-refractivity contribution in [2.45, 2.75) is 142 Å². The maximum Gasteiger partial charge on any atom is 0.310 e. The number of sulfonamides is 1. The second-order valence-corrected chi connectivity index (χ2v) is 22.0. The molecule has 1 aliphatic rings. The number of hydrogen-bond acceptors (Lipinski definition) is 10. The molecule has 1 amide bonds. The van der Waals surface area contributed by atoms with Crippen LogP contribution in [0.25, 0.3) is 0 Å². The highest BCUT2D eigenvalue weighted by Gasteiger charge is 2.43. The molecule has 0 radical (unpaired) electrons. The molecular weight excluding hydrogens is 905 g/mol. The van der Waals surface area contributed by atoms with Crippen LogP contribution in [0.4, 0.5) is 0 Å². The minimum Gasteiger partial charge on any atom is -0.497 e. The molecule has 2 N–H and O–H groups in total. The summed E-state index contributed by atoms with van der Waals surface area (Å²) in [5.74, 6) is -3.15. The molecule has 4 aromatic rings. The van der Waals surface area contributed by atoms with Gasteiger partial charge in [-0.05, 0) is 116 Å². The first-order valence-corrected chi connectivity index (χ1v) is 26.3. The number of ketones is 3.